The number of carbonyl (C=O) groups is 2. The van der Waals surface area contributed by atoms with Crippen molar-refractivity contribution in [1.82, 2.24) is 0 Å². The van der Waals surface area contributed by atoms with Gasteiger partial charge in [-0.05, 0) is 48.5 Å². The van der Waals surface area contributed by atoms with Crippen molar-refractivity contribution in [3.05, 3.63) is 87.9 Å². The van der Waals surface area contributed by atoms with Gasteiger partial charge >= 0.3 is 5.97 Å². The number of carbonyl (C=O) groups excluding carboxylic acids is 2. The zero-order valence-corrected chi connectivity index (χ0v) is 16.7. The largest absolute Gasteiger partial charge is 0.490 e. The Kier molecular flexibility index (Phi) is 7.11. The smallest absolute Gasteiger partial charge is 0.343 e. The zero-order chi connectivity index (χ0) is 20.6. The van der Waals surface area contributed by atoms with Crippen LogP contribution in [0.4, 0.5) is 0 Å². The molecule has 0 atom stereocenters. The molecule has 3 aromatic carbocycles. The van der Waals surface area contributed by atoms with Crippen LogP contribution in [0.5, 0.6) is 17.2 Å². The van der Waals surface area contributed by atoms with Crippen molar-refractivity contribution in [2.75, 3.05) is 13.2 Å². The van der Waals surface area contributed by atoms with Crippen molar-refractivity contribution < 1.29 is 23.8 Å². The molecule has 0 aliphatic rings. The molecule has 0 spiro atoms. The van der Waals surface area contributed by atoms with Crippen LogP contribution >= 0.6 is 23.2 Å². The minimum absolute atomic E-state index is 0.0329. The number of halogens is 2. The molecule has 0 saturated carbocycles. The Hall–Kier alpha value is -3.02. The van der Waals surface area contributed by atoms with Crippen LogP contribution in [-0.2, 0) is 0 Å². The fourth-order valence-electron chi connectivity index (χ4n) is 2.45. The highest BCUT2D eigenvalue weighted by atomic mass is 35.5. The average Bonchev–Trinajstić information content (AvgIpc) is 2.74. The summed E-state index contributed by atoms with van der Waals surface area (Å²) >= 11 is 11.9. The molecule has 0 aromatic heterocycles. The second-order valence-corrected chi connectivity index (χ2v) is 6.69. The van der Waals surface area contributed by atoms with Crippen LogP contribution in [0.25, 0.3) is 0 Å². The second kappa shape index (κ2) is 9.96. The molecule has 0 N–H and O–H groups in total. The van der Waals surface area contributed by atoms with E-state index in [1.54, 1.807) is 24.3 Å². The van der Waals surface area contributed by atoms with Gasteiger partial charge in [0.25, 0.3) is 0 Å². The van der Waals surface area contributed by atoms with Crippen LogP contribution in [0, 0.1) is 0 Å². The molecular formula is C22H16Cl2O5. The minimum atomic E-state index is -0.656. The Morgan fingerprint density at radius 1 is 0.862 bits per heavy atom. The maximum absolute atomic E-state index is 12.4. The molecule has 3 rings (SSSR count). The summed E-state index contributed by atoms with van der Waals surface area (Å²) in [5, 5.41) is 0.348. The maximum Gasteiger partial charge on any atom is 0.343 e. The maximum atomic E-state index is 12.4. The Bertz CT molecular complexity index is 988. The van der Waals surface area contributed by atoms with Gasteiger partial charge in [0.1, 0.15) is 24.7 Å². The number of esters is 1. The van der Waals surface area contributed by atoms with Crippen LogP contribution in [0.15, 0.2) is 66.7 Å². The average molecular weight is 431 g/mol. The predicted molar refractivity (Wildman–Crippen MR) is 111 cm³/mol. The SMILES string of the molecule is O=Cc1cc(Cl)cc(Cl)c1OC(=O)c1ccc(OCCOc2ccccc2)cc1. The molecule has 0 saturated heterocycles. The molecule has 5 nitrogen and oxygen atoms in total. The molecule has 0 fully saturated rings. The first kappa shape index (κ1) is 20.7. The summed E-state index contributed by atoms with van der Waals surface area (Å²) in [5.74, 6) is 0.659. The third-order valence-electron chi connectivity index (χ3n) is 3.81. The third-order valence-corrected chi connectivity index (χ3v) is 4.31. The summed E-state index contributed by atoms with van der Waals surface area (Å²) in [6, 6.07) is 18.6. The van der Waals surface area contributed by atoms with E-state index < -0.39 is 5.97 Å². The standard InChI is InChI=1S/C22H16Cl2O5/c23-17-12-16(14-25)21(20(24)13-17)29-22(26)15-6-8-19(9-7-15)28-11-10-27-18-4-2-1-3-5-18/h1-9,12-14H,10-11H2. The number of benzene rings is 3. The van der Waals surface area contributed by atoms with E-state index in [-0.39, 0.29) is 26.9 Å². The summed E-state index contributed by atoms with van der Waals surface area (Å²) < 4.78 is 16.4. The summed E-state index contributed by atoms with van der Waals surface area (Å²) in [5.41, 5.74) is 0.370. The van der Waals surface area contributed by atoms with E-state index in [4.69, 9.17) is 37.4 Å². The first-order chi connectivity index (χ1) is 14.1. The first-order valence-electron chi connectivity index (χ1n) is 8.64. The lowest BCUT2D eigenvalue weighted by molar-refractivity contribution is 0.0733. The fraction of sp³-hybridized carbons (Fsp3) is 0.0909. The molecule has 0 unspecified atom stereocenters. The van der Waals surface area contributed by atoms with E-state index in [1.165, 1.54) is 12.1 Å². The van der Waals surface area contributed by atoms with Gasteiger partial charge in [0.05, 0.1) is 16.1 Å². The molecule has 3 aromatic rings. The topological polar surface area (TPSA) is 61.8 Å². The summed E-state index contributed by atoms with van der Waals surface area (Å²) in [7, 11) is 0. The number of hydrogen-bond donors (Lipinski definition) is 0. The van der Waals surface area contributed by atoms with Gasteiger partial charge in [-0.3, -0.25) is 4.79 Å². The summed E-state index contributed by atoms with van der Waals surface area (Å²) in [6.07, 6.45) is 0.523. The lowest BCUT2D eigenvalue weighted by Gasteiger charge is -2.10. The summed E-state index contributed by atoms with van der Waals surface area (Å²) in [6.45, 7) is 0.735. The highest BCUT2D eigenvalue weighted by Gasteiger charge is 2.16. The Morgan fingerprint density at radius 2 is 1.48 bits per heavy atom. The van der Waals surface area contributed by atoms with Crippen LogP contribution in [0.1, 0.15) is 20.7 Å². The quantitative estimate of drug-likeness (QED) is 0.205. The fourth-order valence-corrected chi connectivity index (χ4v) is 3.00. The van der Waals surface area contributed by atoms with Crippen molar-refractivity contribution in [3.63, 3.8) is 0 Å². The lowest BCUT2D eigenvalue weighted by Crippen LogP contribution is -2.11. The van der Waals surface area contributed by atoms with Gasteiger partial charge in [0.2, 0.25) is 0 Å². The number of hydrogen-bond acceptors (Lipinski definition) is 5. The molecule has 29 heavy (non-hydrogen) atoms. The van der Waals surface area contributed by atoms with Crippen molar-refractivity contribution in [3.8, 4) is 17.2 Å². The molecule has 0 bridgehead atoms. The highest BCUT2D eigenvalue weighted by molar-refractivity contribution is 6.36. The Labute approximate surface area is 177 Å². The number of rotatable bonds is 8. The zero-order valence-electron chi connectivity index (χ0n) is 15.1. The van der Waals surface area contributed by atoms with Crippen molar-refractivity contribution in [2.24, 2.45) is 0 Å². The molecule has 148 valence electrons. The van der Waals surface area contributed by atoms with Crippen LogP contribution in [0.3, 0.4) is 0 Å². The molecule has 0 heterocycles. The van der Waals surface area contributed by atoms with E-state index >= 15 is 0 Å². The lowest BCUT2D eigenvalue weighted by atomic mass is 10.2. The Morgan fingerprint density at radius 3 is 2.10 bits per heavy atom. The molecule has 0 amide bonds. The third kappa shape index (κ3) is 5.73. The van der Waals surface area contributed by atoms with Crippen LogP contribution in [-0.4, -0.2) is 25.5 Å². The van der Waals surface area contributed by atoms with E-state index in [1.807, 2.05) is 30.3 Å². The first-order valence-corrected chi connectivity index (χ1v) is 9.39. The Balaban J connectivity index is 1.56. The number of aldehydes is 1. The highest BCUT2D eigenvalue weighted by Crippen LogP contribution is 2.32. The summed E-state index contributed by atoms with van der Waals surface area (Å²) in [4.78, 5) is 23.5. The van der Waals surface area contributed by atoms with E-state index in [9.17, 15) is 9.59 Å². The van der Waals surface area contributed by atoms with Gasteiger partial charge in [-0.25, -0.2) is 4.79 Å². The number of ether oxygens (including phenoxy) is 3. The van der Waals surface area contributed by atoms with Gasteiger partial charge in [-0.15, -0.1) is 0 Å². The van der Waals surface area contributed by atoms with Crippen LogP contribution in [0.2, 0.25) is 10.0 Å². The second-order valence-electron chi connectivity index (χ2n) is 5.85. The predicted octanol–water partition coefficient (Wildman–Crippen LogP) is 5.48. The van der Waals surface area contributed by atoms with Crippen molar-refractivity contribution in [2.45, 2.75) is 0 Å². The molecule has 0 radical (unpaired) electrons. The van der Waals surface area contributed by atoms with Gasteiger partial charge in [0.15, 0.2) is 12.0 Å². The van der Waals surface area contributed by atoms with E-state index in [0.29, 0.717) is 25.2 Å². The minimum Gasteiger partial charge on any atom is -0.490 e. The molecule has 0 aliphatic heterocycles. The molecule has 7 heteroatoms. The van der Waals surface area contributed by atoms with Crippen molar-refractivity contribution in [1.29, 1.82) is 0 Å². The monoisotopic (exact) mass is 430 g/mol. The van der Waals surface area contributed by atoms with Crippen molar-refractivity contribution >= 4 is 35.5 Å². The molecule has 0 aliphatic carbocycles. The molecular weight excluding hydrogens is 415 g/mol. The normalized spacial score (nSPS) is 10.3. The van der Waals surface area contributed by atoms with E-state index in [0.717, 1.165) is 5.75 Å². The number of para-hydroxylation sites is 1. The van der Waals surface area contributed by atoms with Crippen LogP contribution < -0.4 is 14.2 Å². The van der Waals surface area contributed by atoms with Gasteiger partial charge in [-0.2, -0.15) is 0 Å². The van der Waals surface area contributed by atoms with E-state index in [2.05, 4.69) is 0 Å². The van der Waals surface area contributed by atoms with Gasteiger partial charge in [0, 0.05) is 5.02 Å². The van der Waals surface area contributed by atoms with Gasteiger partial charge in [-0.1, -0.05) is 41.4 Å². The van der Waals surface area contributed by atoms with Gasteiger partial charge < -0.3 is 14.2 Å².